The molecule has 0 fully saturated rings. The molecule has 0 bridgehead atoms. The monoisotopic (exact) mass is 207 g/mol. The van der Waals surface area contributed by atoms with Crippen LogP contribution in [0.1, 0.15) is 36.6 Å². The molecular weight excluding hydrogens is 186 g/mol. The van der Waals surface area contributed by atoms with Crippen molar-refractivity contribution in [3.8, 4) is 0 Å². The zero-order valence-electron chi connectivity index (χ0n) is 10.0. The maximum atomic E-state index is 9.29. The van der Waals surface area contributed by atoms with E-state index in [0.717, 1.165) is 5.56 Å². The molecule has 2 nitrogen and oxygen atoms in total. The molecule has 84 valence electrons. The van der Waals surface area contributed by atoms with Crippen molar-refractivity contribution in [2.75, 3.05) is 6.61 Å². The number of aryl methyl sites for hydroxylation is 2. The standard InChI is InChI=1S/C13H21NO/c1-9-5-6-11(10(2)7-9)12(14)13(3,4)8-15/h5-7,12,15H,8,14H2,1-4H3/t12-/m1/s1. The van der Waals surface area contributed by atoms with Crippen molar-refractivity contribution in [2.24, 2.45) is 11.1 Å². The number of nitrogens with two attached hydrogens (primary N) is 1. The van der Waals surface area contributed by atoms with Crippen molar-refractivity contribution in [2.45, 2.75) is 33.7 Å². The van der Waals surface area contributed by atoms with Crippen LogP contribution in [0.3, 0.4) is 0 Å². The van der Waals surface area contributed by atoms with Gasteiger partial charge in [-0.3, -0.25) is 0 Å². The summed E-state index contributed by atoms with van der Waals surface area (Å²) in [7, 11) is 0. The van der Waals surface area contributed by atoms with Crippen LogP contribution in [0.4, 0.5) is 0 Å². The molecule has 0 unspecified atom stereocenters. The number of aliphatic hydroxyl groups is 1. The molecule has 1 aromatic carbocycles. The number of aliphatic hydroxyl groups excluding tert-OH is 1. The molecule has 0 saturated heterocycles. The molecule has 15 heavy (non-hydrogen) atoms. The van der Waals surface area contributed by atoms with Gasteiger partial charge in [-0.15, -0.1) is 0 Å². The van der Waals surface area contributed by atoms with E-state index in [9.17, 15) is 5.11 Å². The third kappa shape index (κ3) is 2.58. The zero-order chi connectivity index (χ0) is 11.6. The van der Waals surface area contributed by atoms with Crippen LogP contribution in [0.15, 0.2) is 18.2 Å². The van der Waals surface area contributed by atoms with E-state index in [1.54, 1.807) is 0 Å². The van der Waals surface area contributed by atoms with E-state index in [2.05, 4.69) is 32.0 Å². The van der Waals surface area contributed by atoms with Gasteiger partial charge in [-0.05, 0) is 25.0 Å². The molecule has 2 heteroatoms. The smallest absolute Gasteiger partial charge is 0.0500 e. The molecule has 0 spiro atoms. The summed E-state index contributed by atoms with van der Waals surface area (Å²) in [6, 6.07) is 6.13. The Morgan fingerprint density at radius 1 is 1.33 bits per heavy atom. The summed E-state index contributed by atoms with van der Waals surface area (Å²) in [5, 5.41) is 9.29. The molecule has 1 atom stereocenters. The van der Waals surface area contributed by atoms with Gasteiger partial charge in [0, 0.05) is 18.1 Å². The van der Waals surface area contributed by atoms with Crippen LogP contribution in [0, 0.1) is 19.3 Å². The Kier molecular flexibility index (Phi) is 3.53. The lowest BCUT2D eigenvalue weighted by atomic mass is 9.80. The topological polar surface area (TPSA) is 46.2 Å². The minimum atomic E-state index is -0.278. The molecule has 0 aliphatic rings. The van der Waals surface area contributed by atoms with Crippen LogP contribution in [0.2, 0.25) is 0 Å². The molecule has 0 aliphatic carbocycles. The van der Waals surface area contributed by atoms with Gasteiger partial charge >= 0.3 is 0 Å². The van der Waals surface area contributed by atoms with Crippen LogP contribution in [-0.4, -0.2) is 11.7 Å². The van der Waals surface area contributed by atoms with Gasteiger partial charge in [-0.1, -0.05) is 37.6 Å². The average molecular weight is 207 g/mol. The fourth-order valence-electron chi connectivity index (χ4n) is 1.69. The predicted molar refractivity (Wildman–Crippen MR) is 63.7 cm³/mol. The van der Waals surface area contributed by atoms with Crippen molar-refractivity contribution in [3.05, 3.63) is 34.9 Å². The minimum absolute atomic E-state index is 0.0987. The van der Waals surface area contributed by atoms with Crippen LogP contribution >= 0.6 is 0 Å². The van der Waals surface area contributed by atoms with Gasteiger partial charge in [-0.25, -0.2) is 0 Å². The number of rotatable bonds is 3. The fraction of sp³-hybridized carbons (Fsp3) is 0.538. The van der Waals surface area contributed by atoms with E-state index in [1.165, 1.54) is 11.1 Å². The number of hydrogen-bond donors (Lipinski definition) is 2. The maximum absolute atomic E-state index is 9.29. The lowest BCUT2D eigenvalue weighted by molar-refractivity contribution is 0.132. The Morgan fingerprint density at radius 2 is 1.93 bits per heavy atom. The Labute approximate surface area is 92.1 Å². The summed E-state index contributed by atoms with van der Waals surface area (Å²) < 4.78 is 0. The van der Waals surface area contributed by atoms with Crippen LogP contribution in [0.25, 0.3) is 0 Å². The second-order valence-electron chi connectivity index (χ2n) is 4.98. The first-order valence-corrected chi connectivity index (χ1v) is 5.32. The Bertz CT molecular complexity index is 344. The van der Waals surface area contributed by atoms with E-state index >= 15 is 0 Å². The summed E-state index contributed by atoms with van der Waals surface area (Å²) in [5.41, 5.74) is 9.46. The third-order valence-corrected chi connectivity index (χ3v) is 3.01. The second kappa shape index (κ2) is 4.33. The normalized spacial score (nSPS) is 14.0. The minimum Gasteiger partial charge on any atom is -0.396 e. The zero-order valence-corrected chi connectivity index (χ0v) is 10.0. The maximum Gasteiger partial charge on any atom is 0.0500 e. The molecule has 1 rings (SSSR count). The lowest BCUT2D eigenvalue weighted by Crippen LogP contribution is -2.32. The summed E-state index contributed by atoms with van der Waals surface area (Å²) >= 11 is 0. The van der Waals surface area contributed by atoms with E-state index in [0.29, 0.717) is 0 Å². The summed E-state index contributed by atoms with van der Waals surface area (Å²) in [6.07, 6.45) is 0. The van der Waals surface area contributed by atoms with Gasteiger partial charge in [0.15, 0.2) is 0 Å². The Balaban J connectivity index is 3.06. The summed E-state index contributed by atoms with van der Waals surface area (Å²) in [6.45, 7) is 8.20. The van der Waals surface area contributed by atoms with Crippen molar-refractivity contribution in [3.63, 3.8) is 0 Å². The molecule has 1 aromatic rings. The van der Waals surface area contributed by atoms with Gasteiger partial charge in [0.05, 0.1) is 0 Å². The Morgan fingerprint density at radius 3 is 2.40 bits per heavy atom. The number of benzene rings is 1. The number of hydrogen-bond acceptors (Lipinski definition) is 2. The van der Waals surface area contributed by atoms with Crippen LogP contribution in [0.5, 0.6) is 0 Å². The summed E-state index contributed by atoms with van der Waals surface area (Å²) in [5.74, 6) is 0. The Hall–Kier alpha value is -0.860. The van der Waals surface area contributed by atoms with Gasteiger partial charge in [-0.2, -0.15) is 0 Å². The van der Waals surface area contributed by atoms with Crippen molar-refractivity contribution < 1.29 is 5.11 Å². The average Bonchev–Trinajstić information content (AvgIpc) is 2.17. The molecule has 0 radical (unpaired) electrons. The molecule has 0 aromatic heterocycles. The largest absolute Gasteiger partial charge is 0.396 e. The molecule has 0 amide bonds. The van der Waals surface area contributed by atoms with E-state index in [1.807, 2.05) is 13.8 Å². The van der Waals surface area contributed by atoms with Crippen LogP contribution in [-0.2, 0) is 0 Å². The van der Waals surface area contributed by atoms with Gasteiger partial charge in [0.25, 0.3) is 0 Å². The molecule has 0 aliphatic heterocycles. The predicted octanol–water partition coefficient (Wildman–Crippen LogP) is 2.32. The molecular formula is C13H21NO. The quantitative estimate of drug-likeness (QED) is 0.799. The van der Waals surface area contributed by atoms with Gasteiger partial charge in [0.1, 0.15) is 0 Å². The molecule has 0 saturated carbocycles. The van der Waals surface area contributed by atoms with Crippen molar-refractivity contribution in [1.82, 2.24) is 0 Å². The first-order valence-electron chi connectivity index (χ1n) is 5.32. The highest BCUT2D eigenvalue weighted by atomic mass is 16.3. The lowest BCUT2D eigenvalue weighted by Gasteiger charge is -2.30. The van der Waals surface area contributed by atoms with E-state index in [4.69, 9.17) is 5.73 Å². The van der Waals surface area contributed by atoms with Crippen molar-refractivity contribution in [1.29, 1.82) is 0 Å². The highest BCUT2D eigenvalue weighted by Gasteiger charge is 2.27. The van der Waals surface area contributed by atoms with Crippen LogP contribution < -0.4 is 5.73 Å². The van der Waals surface area contributed by atoms with Gasteiger partial charge in [0.2, 0.25) is 0 Å². The second-order valence-corrected chi connectivity index (χ2v) is 4.98. The highest BCUT2D eigenvalue weighted by Crippen LogP contribution is 2.32. The van der Waals surface area contributed by atoms with E-state index < -0.39 is 0 Å². The first-order chi connectivity index (χ1) is 6.88. The first kappa shape index (κ1) is 12.2. The third-order valence-electron chi connectivity index (χ3n) is 3.01. The summed E-state index contributed by atoms with van der Waals surface area (Å²) in [4.78, 5) is 0. The molecule has 3 N–H and O–H groups in total. The van der Waals surface area contributed by atoms with Crippen molar-refractivity contribution >= 4 is 0 Å². The van der Waals surface area contributed by atoms with Gasteiger partial charge < -0.3 is 10.8 Å². The fourth-order valence-corrected chi connectivity index (χ4v) is 1.69. The highest BCUT2D eigenvalue weighted by molar-refractivity contribution is 5.33. The SMILES string of the molecule is Cc1ccc([C@@H](N)C(C)(C)CO)c(C)c1. The molecule has 0 heterocycles. The van der Waals surface area contributed by atoms with E-state index in [-0.39, 0.29) is 18.1 Å².